The minimum Gasteiger partial charge on any atom is -0.694 e. The van der Waals surface area contributed by atoms with Crippen LogP contribution < -0.4 is 18.9 Å². The molecule has 0 bridgehead atoms. The average Bonchev–Trinajstić information content (AvgIpc) is 1.61. The van der Waals surface area contributed by atoms with E-state index in [1.807, 2.05) is 0 Å². The fourth-order valence-corrected chi connectivity index (χ4v) is 0.361. The van der Waals surface area contributed by atoms with Crippen molar-refractivity contribution >= 4 is 0 Å². The van der Waals surface area contributed by atoms with Crippen molar-refractivity contribution in [2.45, 2.75) is 26.7 Å². The summed E-state index contributed by atoms with van der Waals surface area (Å²) in [5, 5.41) is 0. The van der Waals surface area contributed by atoms with Crippen LogP contribution in [0.15, 0.2) is 0 Å². The summed E-state index contributed by atoms with van der Waals surface area (Å²) >= 11 is 0. The fraction of sp³-hybridized carbons (Fsp3) is 0.714. The van der Waals surface area contributed by atoms with Gasteiger partial charge in [-0.25, -0.2) is 0 Å². The van der Waals surface area contributed by atoms with Gasteiger partial charge < -0.3 is 12.3 Å². The first-order valence-electron chi connectivity index (χ1n) is 2.67. The van der Waals surface area contributed by atoms with E-state index < -0.39 is 0 Å². The summed E-state index contributed by atoms with van der Waals surface area (Å²) in [6.07, 6.45) is 8.46. The first-order valence-corrected chi connectivity index (χ1v) is 2.67. The molecule has 0 aliphatic rings. The van der Waals surface area contributed by atoms with Crippen molar-refractivity contribution in [1.29, 1.82) is 0 Å². The van der Waals surface area contributed by atoms with Crippen LogP contribution in [-0.2, 0) is 0 Å². The van der Waals surface area contributed by atoms with E-state index >= 15 is 0 Å². The molecule has 0 aromatic carbocycles. The first-order chi connectivity index (χ1) is 3.27. The Hall–Kier alpha value is 0.157. The monoisotopic (exact) mass is 102 g/mol. The molecule has 0 unspecified atom stereocenters. The third-order valence-electron chi connectivity index (χ3n) is 0.847. The van der Waals surface area contributed by atoms with E-state index in [1.54, 1.807) is 0 Å². The van der Waals surface area contributed by atoms with Gasteiger partial charge in [0, 0.05) is 0 Å². The summed E-state index contributed by atoms with van der Waals surface area (Å²) < 4.78 is 0. The van der Waals surface area contributed by atoms with Crippen LogP contribution in [0.3, 0.4) is 0 Å². The Bertz CT molecular complexity index is 68.9. The van der Waals surface area contributed by atoms with Crippen LogP contribution in [0.5, 0.6) is 0 Å². The molecule has 0 aliphatic carbocycles. The predicted octanol–water partition coefficient (Wildman–Crippen LogP) is -0.984. The van der Waals surface area contributed by atoms with Crippen molar-refractivity contribution < 1.29 is 18.9 Å². The second-order valence-electron chi connectivity index (χ2n) is 2.11. The van der Waals surface area contributed by atoms with Gasteiger partial charge in [-0.15, -0.1) is 0 Å². The van der Waals surface area contributed by atoms with Crippen LogP contribution in [0.4, 0.5) is 0 Å². The maximum atomic E-state index is 6.55. The summed E-state index contributed by atoms with van der Waals surface area (Å²) in [4.78, 5) is 0. The number of hydrogen-bond donors (Lipinski definition) is 0. The van der Waals surface area contributed by atoms with Crippen molar-refractivity contribution in [3.8, 4) is 5.92 Å². The largest absolute Gasteiger partial charge is 1.00 e. The molecule has 0 spiro atoms. The molecular weight excluding hydrogens is 91.0 g/mol. The van der Waals surface area contributed by atoms with E-state index in [2.05, 4.69) is 19.8 Å². The van der Waals surface area contributed by atoms with Crippen LogP contribution in [0.25, 0.3) is 0 Å². The Labute approximate surface area is 64.2 Å². The third-order valence-corrected chi connectivity index (χ3v) is 0.847. The second-order valence-corrected chi connectivity index (χ2v) is 2.11. The summed E-state index contributed by atoms with van der Waals surface area (Å²) in [5.74, 6) is 3.07. The zero-order chi connectivity index (χ0) is 5.70. The Morgan fingerprint density at radius 1 is 1.50 bits per heavy atom. The number of rotatable bonds is 2. The summed E-state index contributed by atoms with van der Waals surface area (Å²) in [7, 11) is 0. The van der Waals surface area contributed by atoms with Gasteiger partial charge in [0.15, 0.2) is 0 Å². The Kier molecular flexibility index (Phi) is 9.86. The van der Waals surface area contributed by atoms with Gasteiger partial charge in [0.1, 0.15) is 0 Å². The van der Waals surface area contributed by atoms with E-state index in [0.717, 1.165) is 18.8 Å². The predicted molar refractivity (Wildman–Crippen MR) is 31.2 cm³/mol. The minimum absolute atomic E-state index is 0. The molecule has 0 rings (SSSR count). The normalized spacial score (nSPS) is 7.75. The van der Waals surface area contributed by atoms with Crippen molar-refractivity contribution in [3.63, 3.8) is 0 Å². The molecule has 0 N–H and O–H groups in total. The molecule has 0 fully saturated rings. The SMILES string of the molecule is [C-]#CCCC(C)C.[Li+]. The Morgan fingerprint density at radius 2 is 2.00 bits per heavy atom. The van der Waals surface area contributed by atoms with E-state index in [0.29, 0.717) is 0 Å². The van der Waals surface area contributed by atoms with Gasteiger partial charge >= 0.3 is 18.9 Å². The molecule has 0 atom stereocenters. The van der Waals surface area contributed by atoms with Crippen LogP contribution in [-0.4, -0.2) is 0 Å². The van der Waals surface area contributed by atoms with Gasteiger partial charge in [-0.3, -0.25) is 0 Å². The maximum Gasteiger partial charge on any atom is 1.00 e. The van der Waals surface area contributed by atoms with E-state index in [1.165, 1.54) is 0 Å². The molecular formula is C7H11Li. The molecule has 0 nitrogen and oxygen atoms in total. The number of hydrogen-bond acceptors (Lipinski definition) is 0. The molecule has 8 heavy (non-hydrogen) atoms. The van der Waals surface area contributed by atoms with Crippen molar-refractivity contribution in [2.75, 3.05) is 0 Å². The van der Waals surface area contributed by atoms with Gasteiger partial charge in [-0.1, -0.05) is 13.8 Å². The van der Waals surface area contributed by atoms with Crippen molar-refractivity contribution in [3.05, 3.63) is 6.42 Å². The smallest absolute Gasteiger partial charge is 0.694 e. The fourth-order valence-electron chi connectivity index (χ4n) is 0.361. The van der Waals surface area contributed by atoms with Crippen LogP contribution in [0.1, 0.15) is 26.7 Å². The molecule has 0 saturated carbocycles. The van der Waals surface area contributed by atoms with E-state index in [-0.39, 0.29) is 18.9 Å². The van der Waals surface area contributed by atoms with Gasteiger partial charge in [0.2, 0.25) is 0 Å². The van der Waals surface area contributed by atoms with Crippen molar-refractivity contribution in [2.24, 2.45) is 5.92 Å². The standard InChI is InChI=1S/C7H11.Li/c1-4-5-6-7(2)3;/h7H,5-6H2,2-3H3;/q-1;+1. The van der Waals surface area contributed by atoms with Crippen molar-refractivity contribution in [1.82, 2.24) is 0 Å². The average molecular weight is 102 g/mol. The molecule has 0 aliphatic heterocycles. The summed E-state index contributed by atoms with van der Waals surface area (Å²) in [5.41, 5.74) is 0. The van der Waals surface area contributed by atoms with E-state index in [4.69, 9.17) is 6.42 Å². The van der Waals surface area contributed by atoms with Crippen LogP contribution in [0, 0.1) is 18.3 Å². The summed E-state index contributed by atoms with van der Waals surface area (Å²) in [6, 6.07) is 0. The minimum atomic E-state index is 0. The Morgan fingerprint density at radius 3 is 2.12 bits per heavy atom. The first kappa shape index (κ1) is 11.0. The van der Waals surface area contributed by atoms with Gasteiger partial charge in [0.25, 0.3) is 0 Å². The zero-order valence-electron chi connectivity index (χ0n) is 5.99. The van der Waals surface area contributed by atoms with Crippen LogP contribution >= 0.6 is 0 Å². The molecule has 0 aromatic rings. The second kappa shape index (κ2) is 7.16. The van der Waals surface area contributed by atoms with Crippen LogP contribution in [0.2, 0.25) is 0 Å². The zero-order valence-corrected chi connectivity index (χ0v) is 5.99. The molecule has 0 heterocycles. The molecule has 0 aromatic heterocycles. The quantitative estimate of drug-likeness (QED) is 0.239. The van der Waals surface area contributed by atoms with Gasteiger partial charge in [-0.2, -0.15) is 0 Å². The Balaban J connectivity index is 0. The molecule has 0 saturated heterocycles. The molecule has 0 radical (unpaired) electrons. The molecule has 0 amide bonds. The van der Waals surface area contributed by atoms with E-state index in [9.17, 15) is 0 Å². The van der Waals surface area contributed by atoms with Gasteiger partial charge in [-0.05, 0) is 18.8 Å². The topological polar surface area (TPSA) is 0 Å². The third kappa shape index (κ3) is 9.48. The molecule has 40 valence electrons. The molecule has 1 heteroatoms. The summed E-state index contributed by atoms with van der Waals surface area (Å²) in [6.45, 7) is 4.30. The van der Waals surface area contributed by atoms with Gasteiger partial charge in [0.05, 0.1) is 0 Å². The maximum absolute atomic E-state index is 6.55.